The Hall–Kier alpha value is -2.12. The van der Waals surface area contributed by atoms with Gasteiger partial charge < -0.3 is 10.1 Å². The lowest BCUT2D eigenvalue weighted by molar-refractivity contribution is -0.108. The summed E-state index contributed by atoms with van der Waals surface area (Å²) in [6.45, 7) is 6.88. The minimum absolute atomic E-state index is 0.207. The molecule has 1 amide bonds. The molecule has 2 atom stereocenters. The van der Waals surface area contributed by atoms with E-state index in [0.29, 0.717) is 10.9 Å². The monoisotopic (exact) mass is 499 g/mol. The zero-order valence-corrected chi connectivity index (χ0v) is 20.3. The number of carbonyl (C=O) groups is 2. The maximum Gasteiger partial charge on any atom is 0.280 e. The molecule has 0 aliphatic heterocycles. The first-order valence-electron chi connectivity index (χ1n) is 10.5. The Morgan fingerprint density at radius 3 is 2.71 bits per heavy atom. The number of hydrogen-bond acceptors (Lipinski definition) is 5. The normalized spacial score (nSPS) is 17.2. The van der Waals surface area contributed by atoms with Crippen molar-refractivity contribution >= 4 is 49.8 Å². The van der Waals surface area contributed by atoms with Crippen molar-refractivity contribution in [1.82, 2.24) is 15.3 Å². The van der Waals surface area contributed by atoms with Crippen LogP contribution < -0.4 is 5.32 Å². The molecule has 0 bridgehead atoms. The zero-order valence-electron chi connectivity index (χ0n) is 17.9. The van der Waals surface area contributed by atoms with Crippen molar-refractivity contribution in [2.24, 2.45) is 11.3 Å². The molecule has 2 heterocycles. The largest absolute Gasteiger partial charge is 0.343 e. The molecule has 0 unspecified atom stereocenters. The molecule has 1 aliphatic rings. The second-order valence-corrected chi connectivity index (χ2v) is 11.1. The Morgan fingerprint density at radius 1 is 1.29 bits per heavy atom. The van der Waals surface area contributed by atoms with Gasteiger partial charge in [-0.2, -0.15) is 0 Å². The Kier molecular flexibility index (Phi) is 6.26. The first-order chi connectivity index (χ1) is 14.7. The molecule has 1 N–H and O–H groups in total. The summed E-state index contributed by atoms with van der Waals surface area (Å²) < 4.78 is 0.947. The molecule has 162 valence electrons. The summed E-state index contributed by atoms with van der Waals surface area (Å²) in [6.07, 6.45) is 4.15. The van der Waals surface area contributed by atoms with E-state index in [4.69, 9.17) is 4.98 Å². The van der Waals surface area contributed by atoms with Gasteiger partial charge >= 0.3 is 0 Å². The summed E-state index contributed by atoms with van der Waals surface area (Å²) in [6, 6.07) is 9.32. The Labute approximate surface area is 194 Å². The van der Waals surface area contributed by atoms with Gasteiger partial charge in [-0.1, -0.05) is 60.2 Å². The molecule has 0 saturated carbocycles. The summed E-state index contributed by atoms with van der Waals surface area (Å²) >= 11 is 4.72. The highest BCUT2D eigenvalue weighted by molar-refractivity contribution is 9.10. The standard InChI is InChI=1S/C24H26BrN3O2S/c1-24(2,3)16-6-9-18-15(12-16)13-20-22(27-18)31-23(28-20)21(30)26-19(10-11-29)14-4-7-17(25)8-5-14/h4-5,7-8,11,13,16,19H,6,9-10,12H2,1-3H3,(H,26,30)/t16-,19+/m0/s1. The molecule has 1 aromatic carbocycles. The van der Waals surface area contributed by atoms with Gasteiger partial charge in [-0.05, 0) is 59.9 Å². The van der Waals surface area contributed by atoms with Gasteiger partial charge in [-0.3, -0.25) is 4.79 Å². The fourth-order valence-electron chi connectivity index (χ4n) is 4.14. The number of halogens is 1. The van der Waals surface area contributed by atoms with Crippen molar-refractivity contribution in [2.75, 3.05) is 0 Å². The Bertz CT molecular complexity index is 1120. The number of benzene rings is 1. The SMILES string of the molecule is CC(C)(C)[C@H]1CCc2nc3sc(C(=O)N[C@H](CC=O)c4ccc(Br)cc4)nc3cc2C1. The van der Waals surface area contributed by atoms with Crippen molar-refractivity contribution in [3.63, 3.8) is 0 Å². The van der Waals surface area contributed by atoms with Gasteiger partial charge in [0.15, 0.2) is 5.01 Å². The van der Waals surface area contributed by atoms with E-state index in [1.54, 1.807) is 0 Å². The van der Waals surface area contributed by atoms with E-state index in [9.17, 15) is 9.59 Å². The van der Waals surface area contributed by atoms with Crippen LogP contribution in [-0.2, 0) is 17.6 Å². The summed E-state index contributed by atoms with van der Waals surface area (Å²) in [5.74, 6) is 0.346. The highest BCUT2D eigenvalue weighted by Gasteiger charge is 2.30. The highest BCUT2D eigenvalue weighted by Crippen LogP contribution is 2.38. The number of rotatable bonds is 5. The number of nitrogens with zero attached hydrogens (tertiary/aromatic N) is 2. The van der Waals surface area contributed by atoms with E-state index in [1.165, 1.54) is 16.9 Å². The molecule has 1 aliphatic carbocycles. The van der Waals surface area contributed by atoms with Gasteiger partial charge in [0, 0.05) is 16.6 Å². The lowest BCUT2D eigenvalue weighted by Gasteiger charge is -2.34. The quantitative estimate of drug-likeness (QED) is 0.459. The van der Waals surface area contributed by atoms with E-state index >= 15 is 0 Å². The second-order valence-electron chi connectivity index (χ2n) is 9.22. The third-order valence-electron chi connectivity index (χ3n) is 6.08. The van der Waals surface area contributed by atoms with Crippen molar-refractivity contribution < 1.29 is 9.59 Å². The molecule has 2 aromatic heterocycles. The average Bonchev–Trinajstić information content (AvgIpc) is 3.14. The van der Waals surface area contributed by atoms with E-state index in [1.807, 2.05) is 24.3 Å². The number of aldehydes is 1. The number of fused-ring (bicyclic) bond motifs is 2. The van der Waals surface area contributed by atoms with Crippen LogP contribution >= 0.6 is 27.3 Å². The summed E-state index contributed by atoms with van der Waals surface area (Å²) in [7, 11) is 0. The first kappa shape index (κ1) is 22.1. The van der Waals surface area contributed by atoms with Gasteiger partial charge in [0.05, 0.1) is 6.04 Å². The van der Waals surface area contributed by atoms with Crippen molar-refractivity contribution in [2.45, 2.75) is 52.5 Å². The van der Waals surface area contributed by atoms with Crippen LogP contribution in [0, 0.1) is 11.3 Å². The number of thiazole rings is 1. The van der Waals surface area contributed by atoms with Crippen molar-refractivity contribution in [3.05, 3.63) is 56.6 Å². The zero-order chi connectivity index (χ0) is 22.2. The van der Waals surface area contributed by atoms with Crippen LogP contribution in [0.3, 0.4) is 0 Å². The van der Waals surface area contributed by atoms with Crippen molar-refractivity contribution in [3.8, 4) is 0 Å². The fraction of sp³-hybridized carbons (Fsp3) is 0.417. The van der Waals surface area contributed by atoms with Crippen LogP contribution in [0.5, 0.6) is 0 Å². The van der Waals surface area contributed by atoms with Gasteiger partial charge in [-0.15, -0.1) is 0 Å². The lowest BCUT2D eigenvalue weighted by Crippen LogP contribution is -2.28. The molecular weight excluding hydrogens is 474 g/mol. The van der Waals surface area contributed by atoms with Crippen LogP contribution in [0.25, 0.3) is 10.3 Å². The number of carbonyl (C=O) groups excluding carboxylic acids is 2. The van der Waals surface area contributed by atoms with E-state index in [0.717, 1.165) is 51.6 Å². The van der Waals surface area contributed by atoms with E-state index in [-0.39, 0.29) is 23.8 Å². The van der Waals surface area contributed by atoms with Crippen LogP contribution in [0.4, 0.5) is 0 Å². The maximum atomic E-state index is 12.9. The smallest absolute Gasteiger partial charge is 0.280 e. The molecule has 0 fully saturated rings. The Morgan fingerprint density at radius 2 is 2.03 bits per heavy atom. The molecule has 7 heteroatoms. The summed E-state index contributed by atoms with van der Waals surface area (Å²) in [4.78, 5) is 34.3. The van der Waals surface area contributed by atoms with Crippen LogP contribution in [0.1, 0.15) is 66.3 Å². The van der Waals surface area contributed by atoms with Gasteiger partial charge in [0.2, 0.25) is 0 Å². The van der Waals surface area contributed by atoms with Crippen LogP contribution in [0.2, 0.25) is 0 Å². The minimum Gasteiger partial charge on any atom is -0.343 e. The van der Waals surface area contributed by atoms with Gasteiger partial charge in [-0.25, -0.2) is 9.97 Å². The number of aryl methyl sites for hydroxylation is 1. The summed E-state index contributed by atoms with van der Waals surface area (Å²) in [5, 5.41) is 3.34. The average molecular weight is 500 g/mol. The minimum atomic E-state index is -0.390. The highest BCUT2D eigenvalue weighted by atomic mass is 79.9. The lowest BCUT2D eigenvalue weighted by atomic mass is 9.71. The van der Waals surface area contributed by atoms with Crippen LogP contribution in [-0.4, -0.2) is 22.2 Å². The van der Waals surface area contributed by atoms with Crippen LogP contribution in [0.15, 0.2) is 34.8 Å². The topological polar surface area (TPSA) is 72.0 Å². The Balaban J connectivity index is 1.57. The first-order valence-corrected chi connectivity index (χ1v) is 12.1. The van der Waals surface area contributed by atoms with E-state index < -0.39 is 0 Å². The van der Waals surface area contributed by atoms with Gasteiger partial charge in [0.25, 0.3) is 5.91 Å². The van der Waals surface area contributed by atoms with Crippen molar-refractivity contribution in [1.29, 1.82) is 0 Å². The molecule has 5 nitrogen and oxygen atoms in total. The number of aromatic nitrogens is 2. The molecule has 0 saturated heterocycles. The molecule has 4 rings (SSSR count). The molecule has 0 spiro atoms. The molecular formula is C24H26BrN3O2S. The third-order valence-corrected chi connectivity index (χ3v) is 7.57. The van der Waals surface area contributed by atoms with Gasteiger partial charge in [0.1, 0.15) is 16.6 Å². The maximum absolute atomic E-state index is 12.9. The number of hydrogen-bond donors (Lipinski definition) is 1. The predicted molar refractivity (Wildman–Crippen MR) is 127 cm³/mol. The fourth-order valence-corrected chi connectivity index (χ4v) is 5.25. The second kappa shape index (κ2) is 8.79. The number of amides is 1. The van der Waals surface area contributed by atoms with E-state index in [2.05, 4.69) is 53.1 Å². The number of pyridine rings is 1. The molecule has 31 heavy (non-hydrogen) atoms. The summed E-state index contributed by atoms with van der Waals surface area (Å²) in [5.41, 5.74) is 4.31. The molecule has 3 aromatic rings. The third kappa shape index (κ3) is 4.88. The predicted octanol–water partition coefficient (Wildman–Crippen LogP) is 5.66. The molecule has 0 radical (unpaired) electrons. The number of nitrogens with one attached hydrogen (secondary N) is 1.